The molecule has 3 N–H and O–H groups in total. The molecule has 28 heavy (non-hydrogen) atoms. The van der Waals surface area contributed by atoms with Crippen molar-refractivity contribution in [3.8, 4) is 17.4 Å². The van der Waals surface area contributed by atoms with Gasteiger partial charge in [-0.25, -0.2) is 4.98 Å². The Balaban J connectivity index is 1.85. The Hall–Kier alpha value is -3.20. The van der Waals surface area contributed by atoms with Crippen molar-refractivity contribution in [3.63, 3.8) is 0 Å². The van der Waals surface area contributed by atoms with Crippen molar-refractivity contribution in [1.82, 2.24) is 9.97 Å². The van der Waals surface area contributed by atoms with E-state index in [1.165, 1.54) is 19.5 Å². The number of ether oxygens (including phenoxy) is 2. The number of nitrogens with one attached hydrogen (secondary N) is 1. The van der Waals surface area contributed by atoms with E-state index < -0.39 is 16.8 Å². The molecule has 0 aliphatic carbocycles. The van der Waals surface area contributed by atoms with Gasteiger partial charge in [-0.05, 0) is 42.5 Å². The fourth-order valence-corrected chi connectivity index (χ4v) is 2.50. The Morgan fingerprint density at radius 1 is 1.04 bits per heavy atom. The van der Waals surface area contributed by atoms with Crippen LogP contribution in [0.1, 0.15) is 5.56 Å². The maximum atomic E-state index is 13.0. The lowest BCUT2D eigenvalue weighted by atomic mass is 10.2. The van der Waals surface area contributed by atoms with Gasteiger partial charge in [0.1, 0.15) is 23.5 Å². The number of nitrogens with zero attached hydrogens (tertiary/aromatic N) is 2. The first kappa shape index (κ1) is 19.6. The monoisotopic (exact) mass is 410 g/mol. The van der Waals surface area contributed by atoms with Crippen molar-refractivity contribution in [2.45, 2.75) is 6.18 Å². The van der Waals surface area contributed by atoms with Gasteiger partial charge in [0.2, 0.25) is 5.88 Å². The topological polar surface area (TPSA) is 82.3 Å². The van der Waals surface area contributed by atoms with Gasteiger partial charge in [-0.15, -0.1) is 0 Å². The second kappa shape index (κ2) is 7.81. The van der Waals surface area contributed by atoms with Crippen LogP contribution < -0.4 is 20.5 Å². The van der Waals surface area contributed by atoms with Gasteiger partial charge in [0.15, 0.2) is 5.82 Å². The molecular weight excluding hydrogens is 397 g/mol. The van der Waals surface area contributed by atoms with Gasteiger partial charge >= 0.3 is 6.18 Å². The van der Waals surface area contributed by atoms with Crippen LogP contribution in [0.5, 0.6) is 17.4 Å². The number of halogens is 4. The molecule has 1 aromatic heterocycles. The summed E-state index contributed by atoms with van der Waals surface area (Å²) < 4.78 is 49.7. The maximum absolute atomic E-state index is 13.0. The minimum absolute atomic E-state index is 0.0295. The largest absolute Gasteiger partial charge is 0.497 e. The molecule has 0 atom stereocenters. The minimum atomic E-state index is -4.59. The van der Waals surface area contributed by atoms with Crippen molar-refractivity contribution in [2.75, 3.05) is 18.2 Å². The number of alkyl halides is 3. The molecule has 10 heteroatoms. The first-order valence-corrected chi connectivity index (χ1v) is 8.22. The van der Waals surface area contributed by atoms with E-state index in [4.69, 9.17) is 26.8 Å². The van der Waals surface area contributed by atoms with Crippen LogP contribution in [-0.2, 0) is 6.18 Å². The summed E-state index contributed by atoms with van der Waals surface area (Å²) in [5.41, 5.74) is 5.17. The lowest BCUT2D eigenvalue weighted by molar-refractivity contribution is -0.137. The Kier molecular flexibility index (Phi) is 5.46. The number of rotatable bonds is 5. The molecule has 0 unspecified atom stereocenters. The van der Waals surface area contributed by atoms with E-state index in [0.717, 1.165) is 12.1 Å². The maximum Gasteiger partial charge on any atom is 0.417 e. The van der Waals surface area contributed by atoms with E-state index in [0.29, 0.717) is 11.5 Å². The van der Waals surface area contributed by atoms with E-state index in [1.807, 2.05) is 0 Å². The summed E-state index contributed by atoms with van der Waals surface area (Å²) in [6, 6.07) is 10.1. The molecule has 146 valence electrons. The quantitative estimate of drug-likeness (QED) is 0.595. The number of aromatic nitrogens is 2. The molecule has 0 saturated carbocycles. The normalized spacial score (nSPS) is 11.2. The van der Waals surface area contributed by atoms with Gasteiger partial charge in [-0.3, -0.25) is 0 Å². The predicted molar refractivity (Wildman–Crippen MR) is 99.2 cm³/mol. The van der Waals surface area contributed by atoms with Crippen molar-refractivity contribution >= 4 is 28.8 Å². The molecule has 0 amide bonds. The SMILES string of the molecule is COc1ccc(Oc2ncnc(Nc3ccc(Cl)c(C(F)(F)F)c3)c2N)cc1. The Morgan fingerprint density at radius 2 is 1.71 bits per heavy atom. The van der Waals surface area contributed by atoms with E-state index in [2.05, 4.69) is 15.3 Å². The number of nitrogen functional groups attached to an aromatic ring is 1. The second-order valence-electron chi connectivity index (χ2n) is 5.54. The van der Waals surface area contributed by atoms with Crippen LogP contribution in [0.15, 0.2) is 48.8 Å². The average molecular weight is 411 g/mol. The number of hydrogen-bond donors (Lipinski definition) is 2. The summed E-state index contributed by atoms with van der Waals surface area (Å²) in [4.78, 5) is 7.91. The third kappa shape index (κ3) is 4.37. The summed E-state index contributed by atoms with van der Waals surface area (Å²) >= 11 is 5.63. The van der Waals surface area contributed by atoms with Gasteiger partial charge in [0.05, 0.1) is 17.7 Å². The Morgan fingerprint density at radius 3 is 2.36 bits per heavy atom. The van der Waals surface area contributed by atoms with Crippen LogP contribution in [0.2, 0.25) is 5.02 Å². The van der Waals surface area contributed by atoms with E-state index in [-0.39, 0.29) is 23.1 Å². The molecule has 0 saturated heterocycles. The molecule has 0 bridgehead atoms. The average Bonchev–Trinajstić information content (AvgIpc) is 2.66. The standard InChI is InChI=1S/C18H14ClF3N4O2/c1-27-11-3-5-12(6-4-11)28-17-15(23)16(24-9-25-17)26-10-2-7-14(19)13(8-10)18(20,21)22/h2-9H,23H2,1H3,(H,24,25,26). The first-order chi connectivity index (χ1) is 13.3. The van der Waals surface area contributed by atoms with Crippen molar-refractivity contribution in [1.29, 1.82) is 0 Å². The first-order valence-electron chi connectivity index (χ1n) is 7.84. The van der Waals surface area contributed by atoms with Gasteiger partial charge in [-0.2, -0.15) is 18.2 Å². The van der Waals surface area contributed by atoms with Crippen LogP contribution in [-0.4, -0.2) is 17.1 Å². The van der Waals surface area contributed by atoms with E-state index in [1.54, 1.807) is 24.3 Å². The van der Waals surface area contributed by atoms with Crippen LogP contribution in [0.3, 0.4) is 0 Å². The molecule has 2 aromatic carbocycles. The fraction of sp³-hybridized carbons (Fsp3) is 0.111. The minimum Gasteiger partial charge on any atom is -0.497 e. The molecule has 0 spiro atoms. The zero-order chi connectivity index (χ0) is 20.3. The fourth-order valence-electron chi connectivity index (χ4n) is 2.27. The lowest BCUT2D eigenvalue weighted by Crippen LogP contribution is -2.07. The summed E-state index contributed by atoms with van der Waals surface area (Å²) in [6.45, 7) is 0. The highest BCUT2D eigenvalue weighted by Gasteiger charge is 2.33. The number of hydrogen-bond acceptors (Lipinski definition) is 6. The van der Waals surface area contributed by atoms with Gasteiger partial charge in [0, 0.05) is 5.69 Å². The van der Waals surface area contributed by atoms with E-state index in [9.17, 15) is 13.2 Å². The Labute approximate surface area is 163 Å². The van der Waals surface area contributed by atoms with Crippen molar-refractivity contribution < 1.29 is 22.6 Å². The van der Waals surface area contributed by atoms with Crippen molar-refractivity contribution in [2.24, 2.45) is 0 Å². The van der Waals surface area contributed by atoms with Crippen LogP contribution in [0.4, 0.5) is 30.4 Å². The van der Waals surface area contributed by atoms with Crippen LogP contribution >= 0.6 is 11.6 Å². The molecule has 1 heterocycles. The zero-order valence-electron chi connectivity index (χ0n) is 14.4. The molecule has 3 aromatic rings. The number of nitrogens with two attached hydrogens (primary N) is 1. The molecule has 0 fully saturated rings. The van der Waals surface area contributed by atoms with E-state index >= 15 is 0 Å². The third-order valence-electron chi connectivity index (χ3n) is 3.66. The number of methoxy groups -OCH3 is 1. The van der Waals surface area contributed by atoms with Gasteiger partial charge in [-0.1, -0.05) is 11.6 Å². The highest BCUT2D eigenvalue weighted by atomic mass is 35.5. The number of benzene rings is 2. The summed E-state index contributed by atoms with van der Waals surface area (Å²) in [5.74, 6) is 1.23. The van der Waals surface area contributed by atoms with Gasteiger partial charge in [0.25, 0.3) is 0 Å². The highest BCUT2D eigenvalue weighted by Crippen LogP contribution is 2.37. The smallest absolute Gasteiger partial charge is 0.417 e. The van der Waals surface area contributed by atoms with Crippen LogP contribution in [0.25, 0.3) is 0 Å². The molecule has 0 aliphatic heterocycles. The molecule has 0 radical (unpaired) electrons. The predicted octanol–water partition coefficient (Wildman–Crippen LogP) is 5.28. The summed E-state index contributed by atoms with van der Waals surface area (Å²) in [6.07, 6.45) is -3.41. The molecule has 3 rings (SSSR count). The summed E-state index contributed by atoms with van der Waals surface area (Å²) in [7, 11) is 1.54. The molecule has 6 nitrogen and oxygen atoms in total. The lowest BCUT2D eigenvalue weighted by Gasteiger charge is -2.14. The van der Waals surface area contributed by atoms with Gasteiger partial charge < -0.3 is 20.5 Å². The molecular formula is C18H14ClF3N4O2. The van der Waals surface area contributed by atoms with Crippen molar-refractivity contribution in [3.05, 3.63) is 59.4 Å². The molecule has 0 aliphatic rings. The second-order valence-corrected chi connectivity index (χ2v) is 5.94. The third-order valence-corrected chi connectivity index (χ3v) is 3.99. The summed E-state index contributed by atoms with van der Waals surface area (Å²) in [5, 5.41) is 2.32. The highest BCUT2D eigenvalue weighted by molar-refractivity contribution is 6.31. The number of anilines is 3. The Bertz CT molecular complexity index is 982. The van der Waals surface area contributed by atoms with Crippen LogP contribution in [0, 0.1) is 0 Å². The zero-order valence-corrected chi connectivity index (χ0v) is 15.2.